The van der Waals surface area contributed by atoms with Gasteiger partial charge in [-0.3, -0.25) is 15.1 Å². The van der Waals surface area contributed by atoms with Gasteiger partial charge >= 0.3 is 6.61 Å². The van der Waals surface area contributed by atoms with Crippen LogP contribution in [0.1, 0.15) is 5.56 Å². The quantitative estimate of drug-likeness (QED) is 0.889. The summed E-state index contributed by atoms with van der Waals surface area (Å²) in [6.07, 6.45) is 1.28. The molecular formula is C12H10F2N2O2. The molecule has 0 radical (unpaired) electrons. The van der Waals surface area contributed by atoms with Crippen LogP contribution in [0.2, 0.25) is 0 Å². The minimum absolute atomic E-state index is 0.128. The lowest BCUT2D eigenvalue weighted by Gasteiger charge is -2.08. The lowest BCUT2D eigenvalue weighted by atomic mass is 10.1. The third kappa shape index (κ3) is 3.13. The highest BCUT2D eigenvalue weighted by molar-refractivity contribution is 6.10. The predicted octanol–water partition coefficient (Wildman–Crippen LogP) is 1.69. The number of allylic oxidation sites excluding steroid dienone is 1. The number of nitrogens with zero attached hydrogens (tertiary/aromatic N) is 1. The minimum atomic E-state index is -2.99. The summed E-state index contributed by atoms with van der Waals surface area (Å²) in [5.74, 6) is -0.789. The lowest BCUT2D eigenvalue weighted by molar-refractivity contribution is -0.125. The summed E-state index contributed by atoms with van der Waals surface area (Å²) in [5, 5.41) is 2.22. The second-order valence-corrected chi connectivity index (χ2v) is 3.50. The van der Waals surface area contributed by atoms with Crippen molar-refractivity contribution in [2.75, 3.05) is 6.54 Å². The zero-order chi connectivity index (χ0) is 13.0. The van der Waals surface area contributed by atoms with Gasteiger partial charge in [0.15, 0.2) is 0 Å². The number of carbonyl (C=O) groups excluding carboxylic acids is 1. The monoisotopic (exact) mass is 252 g/mol. The van der Waals surface area contributed by atoms with Gasteiger partial charge in [0.2, 0.25) is 11.8 Å². The highest BCUT2D eigenvalue weighted by atomic mass is 19.3. The van der Waals surface area contributed by atoms with Gasteiger partial charge in [-0.15, -0.1) is 0 Å². The van der Waals surface area contributed by atoms with E-state index in [9.17, 15) is 13.6 Å². The van der Waals surface area contributed by atoms with Crippen molar-refractivity contribution in [3.8, 4) is 0 Å². The summed E-state index contributed by atoms with van der Waals surface area (Å²) in [6, 6.07) is 8.94. The second kappa shape index (κ2) is 5.39. The van der Waals surface area contributed by atoms with Crippen LogP contribution in [-0.4, -0.2) is 24.8 Å². The number of hydrogen-bond donors (Lipinski definition) is 1. The first kappa shape index (κ1) is 12.2. The van der Waals surface area contributed by atoms with Gasteiger partial charge in [0, 0.05) is 6.08 Å². The summed E-state index contributed by atoms with van der Waals surface area (Å²) in [5.41, 5.74) is 1.15. The first-order chi connectivity index (χ1) is 8.65. The lowest BCUT2D eigenvalue weighted by Crippen LogP contribution is -2.26. The van der Waals surface area contributed by atoms with Crippen LogP contribution in [0.15, 0.2) is 47.3 Å². The Kier molecular flexibility index (Phi) is 3.66. The number of alkyl halides is 2. The van der Waals surface area contributed by atoms with Crippen LogP contribution in [0, 0.1) is 0 Å². The van der Waals surface area contributed by atoms with Crippen LogP contribution in [-0.2, 0) is 9.53 Å². The SMILES string of the molecule is O=C1CN=C(c2ccccc2)C=C(OC(F)F)N1. The molecule has 1 N–H and O–H groups in total. The van der Waals surface area contributed by atoms with Gasteiger partial charge in [0.1, 0.15) is 6.54 Å². The molecule has 0 atom stereocenters. The van der Waals surface area contributed by atoms with Crippen LogP contribution in [0.25, 0.3) is 0 Å². The topological polar surface area (TPSA) is 50.7 Å². The van der Waals surface area contributed by atoms with Gasteiger partial charge in [-0.05, 0) is 5.56 Å². The molecule has 0 aromatic heterocycles. The Labute approximate surface area is 102 Å². The van der Waals surface area contributed by atoms with Crippen molar-refractivity contribution >= 4 is 11.6 Å². The molecule has 1 aliphatic rings. The maximum absolute atomic E-state index is 12.2. The van der Waals surface area contributed by atoms with Crippen molar-refractivity contribution in [1.82, 2.24) is 5.32 Å². The van der Waals surface area contributed by atoms with Crippen molar-refractivity contribution < 1.29 is 18.3 Å². The van der Waals surface area contributed by atoms with Gasteiger partial charge in [-0.25, -0.2) is 0 Å². The standard InChI is InChI=1S/C12H10F2N2O2/c13-12(14)18-11-6-9(15-7-10(17)16-11)8-4-2-1-3-5-8/h1-6,12H,7H2,(H,16,17). The highest BCUT2D eigenvalue weighted by Gasteiger charge is 2.15. The first-order valence-electron chi connectivity index (χ1n) is 5.21. The molecule has 18 heavy (non-hydrogen) atoms. The molecule has 0 fully saturated rings. The molecule has 0 saturated carbocycles. The zero-order valence-corrected chi connectivity index (χ0v) is 9.27. The van der Waals surface area contributed by atoms with Gasteiger partial charge in [0.25, 0.3) is 0 Å². The summed E-state index contributed by atoms with van der Waals surface area (Å²) in [4.78, 5) is 15.3. The van der Waals surface area contributed by atoms with Crippen molar-refractivity contribution in [2.45, 2.75) is 6.61 Å². The van der Waals surface area contributed by atoms with E-state index in [1.165, 1.54) is 6.08 Å². The van der Waals surface area contributed by atoms with Crippen molar-refractivity contribution in [1.29, 1.82) is 0 Å². The molecule has 1 amide bonds. The molecule has 1 aromatic rings. The van der Waals surface area contributed by atoms with E-state index >= 15 is 0 Å². The average molecular weight is 252 g/mol. The van der Waals surface area contributed by atoms with Gasteiger partial charge in [-0.2, -0.15) is 8.78 Å². The molecule has 0 unspecified atom stereocenters. The van der Waals surface area contributed by atoms with Crippen molar-refractivity contribution in [3.63, 3.8) is 0 Å². The van der Waals surface area contributed by atoms with Gasteiger partial charge in [0.05, 0.1) is 5.71 Å². The number of rotatable bonds is 3. The Hall–Kier alpha value is -2.24. The summed E-state index contributed by atoms with van der Waals surface area (Å²) in [6.45, 7) is -3.12. The Balaban J connectivity index is 2.30. The minimum Gasteiger partial charge on any atom is -0.419 e. The maximum atomic E-state index is 12.2. The fraction of sp³-hybridized carbons (Fsp3) is 0.167. The van der Waals surface area contributed by atoms with E-state index in [0.29, 0.717) is 5.71 Å². The number of amides is 1. The van der Waals surface area contributed by atoms with Gasteiger partial charge in [-0.1, -0.05) is 30.3 Å². The molecule has 0 saturated heterocycles. The molecule has 1 aliphatic heterocycles. The van der Waals surface area contributed by atoms with Crippen LogP contribution in [0.3, 0.4) is 0 Å². The highest BCUT2D eigenvalue weighted by Crippen LogP contribution is 2.10. The molecule has 2 rings (SSSR count). The van der Waals surface area contributed by atoms with Crippen molar-refractivity contribution in [2.24, 2.45) is 4.99 Å². The van der Waals surface area contributed by atoms with E-state index < -0.39 is 12.5 Å². The smallest absolute Gasteiger partial charge is 0.388 e. The van der Waals surface area contributed by atoms with E-state index in [1.54, 1.807) is 24.3 Å². The molecule has 0 bridgehead atoms. The van der Waals surface area contributed by atoms with E-state index in [1.807, 2.05) is 6.07 Å². The van der Waals surface area contributed by atoms with Crippen LogP contribution in [0.5, 0.6) is 0 Å². The number of carbonyl (C=O) groups is 1. The average Bonchev–Trinajstić information content (AvgIpc) is 2.51. The van der Waals surface area contributed by atoms with E-state index in [0.717, 1.165) is 5.56 Å². The van der Waals surface area contributed by atoms with Gasteiger partial charge < -0.3 is 4.74 Å². The van der Waals surface area contributed by atoms with E-state index in [2.05, 4.69) is 15.0 Å². The van der Waals surface area contributed by atoms with Crippen molar-refractivity contribution in [3.05, 3.63) is 47.9 Å². The predicted molar refractivity (Wildman–Crippen MR) is 61.2 cm³/mol. The largest absolute Gasteiger partial charge is 0.419 e. The van der Waals surface area contributed by atoms with E-state index in [4.69, 9.17) is 0 Å². The maximum Gasteiger partial charge on any atom is 0.388 e. The molecule has 1 heterocycles. The molecule has 1 aromatic carbocycles. The molecule has 94 valence electrons. The zero-order valence-electron chi connectivity index (χ0n) is 9.27. The van der Waals surface area contributed by atoms with E-state index in [-0.39, 0.29) is 12.4 Å². The molecule has 0 aliphatic carbocycles. The van der Waals surface area contributed by atoms with Crippen LogP contribution >= 0.6 is 0 Å². The molecule has 6 heteroatoms. The Bertz CT molecular complexity index is 498. The summed E-state index contributed by atoms with van der Waals surface area (Å²) < 4.78 is 28.5. The first-order valence-corrected chi connectivity index (χ1v) is 5.21. The fourth-order valence-electron chi connectivity index (χ4n) is 1.48. The third-order valence-corrected chi connectivity index (χ3v) is 2.21. The number of nitrogens with one attached hydrogen (secondary N) is 1. The summed E-state index contributed by atoms with van der Waals surface area (Å²) in [7, 11) is 0. The van der Waals surface area contributed by atoms with Crippen LogP contribution < -0.4 is 5.32 Å². The third-order valence-electron chi connectivity index (χ3n) is 2.21. The number of halogens is 2. The summed E-state index contributed by atoms with van der Waals surface area (Å²) >= 11 is 0. The molecular weight excluding hydrogens is 242 g/mol. The Morgan fingerprint density at radius 1 is 1.28 bits per heavy atom. The Morgan fingerprint density at radius 2 is 2.00 bits per heavy atom. The number of aliphatic imine (C=N–C) groups is 1. The van der Waals surface area contributed by atoms with Crippen LogP contribution in [0.4, 0.5) is 8.78 Å². The second-order valence-electron chi connectivity index (χ2n) is 3.50. The number of ether oxygens (including phenoxy) is 1. The number of hydrogen-bond acceptors (Lipinski definition) is 3. The number of benzene rings is 1. The molecule has 0 spiro atoms. The normalized spacial score (nSPS) is 15.6. The molecule has 4 nitrogen and oxygen atoms in total. The fourth-order valence-corrected chi connectivity index (χ4v) is 1.48. The Morgan fingerprint density at radius 3 is 2.67 bits per heavy atom.